The molecule has 1 rings (SSSR count). The minimum atomic E-state index is -2.60. The van der Waals surface area contributed by atoms with Crippen LogP contribution in [0.2, 0.25) is 0 Å². The Bertz CT molecular complexity index is 377. The van der Waals surface area contributed by atoms with E-state index in [4.69, 9.17) is 4.74 Å². The van der Waals surface area contributed by atoms with Crippen molar-refractivity contribution in [1.29, 1.82) is 0 Å². The number of rotatable bonds is 5. The van der Waals surface area contributed by atoms with Gasteiger partial charge in [0.15, 0.2) is 0 Å². The van der Waals surface area contributed by atoms with Crippen molar-refractivity contribution in [3.8, 4) is 5.88 Å². The fourth-order valence-corrected chi connectivity index (χ4v) is 1.07. The van der Waals surface area contributed by atoms with E-state index in [0.29, 0.717) is 5.71 Å². The molecule has 0 unspecified atom stereocenters. The highest BCUT2D eigenvalue weighted by molar-refractivity contribution is 5.82. The Balaban J connectivity index is 2.64. The first-order chi connectivity index (χ1) is 7.54. The number of oxime groups is 1. The highest BCUT2D eigenvalue weighted by Gasteiger charge is 2.14. The Morgan fingerprint density at radius 1 is 1.62 bits per heavy atom. The minimum Gasteiger partial charge on any atom is -0.472 e. The first kappa shape index (κ1) is 12.4. The summed E-state index contributed by atoms with van der Waals surface area (Å²) in [4.78, 5) is 4.53. The highest BCUT2D eigenvalue weighted by atomic mass is 19.3. The quantitative estimate of drug-likeness (QED) is 0.575. The van der Waals surface area contributed by atoms with Gasteiger partial charge in [-0.25, -0.2) is 13.5 Å². The number of aromatic nitrogens is 2. The molecule has 0 N–H and O–H groups in total. The van der Waals surface area contributed by atoms with E-state index in [1.54, 1.807) is 6.92 Å². The molecule has 0 spiro atoms. The topological polar surface area (TPSA) is 48.6 Å². The Labute approximate surface area is 91.6 Å². The second-order valence-corrected chi connectivity index (χ2v) is 3.13. The smallest absolute Gasteiger partial charge is 0.282 e. The highest BCUT2D eigenvalue weighted by Crippen LogP contribution is 2.21. The van der Waals surface area contributed by atoms with Crippen LogP contribution in [0.1, 0.15) is 19.0 Å². The van der Waals surface area contributed by atoms with Gasteiger partial charge in [0.2, 0.25) is 5.88 Å². The molecule has 0 radical (unpaired) electrons. The van der Waals surface area contributed by atoms with Crippen molar-refractivity contribution in [2.24, 2.45) is 12.2 Å². The zero-order valence-electron chi connectivity index (χ0n) is 9.28. The summed E-state index contributed by atoms with van der Waals surface area (Å²) < 4.78 is 31.1. The Morgan fingerprint density at radius 2 is 2.31 bits per heavy atom. The van der Waals surface area contributed by atoms with E-state index in [1.807, 2.05) is 0 Å². The van der Waals surface area contributed by atoms with Gasteiger partial charge in [0.25, 0.3) is 6.43 Å². The first-order valence-corrected chi connectivity index (χ1v) is 4.56. The summed E-state index contributed by atoms with van der Waals surface area (Å²) in [6, 6.07) is 1.20. The fraction of sp³-hybridized carbons (Fsp3) is 0.556. The van der Waals surface area contributed by atoms with E-state index in [9.17, 15) is 8.78 Å². The summed E-state index contributed by atoms with van der Waals surface area (Å²) in [6.07, 6.45) is -2.60. The van der Waals surface area contributed by atoms with Crippen LogP contribution in [-0.2, 0) is 11.9 Å². The summed E-state index contributed by atoms with van der Waals surface area (Å²) in [6.45, 7) is 1.87. The van der Waals surface area contributed by atoms with Crippen LogP contribution in [0.15, 0.2) is 11.2 Å². The average Bonchev–Trinajstić information content (AvgIpc) is 2.58. The lowest BCUT2D eigenvalue weighted by atomic mass is 10.4. The number of hydrogen-bond donors (Lipinski definition) is 0. The van der Waals surface area contributed by atoms with Gasteiger partial charge in [-0.15, -0.1) is 0 Å². The zero-order valence-corrected chi connectivity index (χ0v) is 9.28. The van der Waals surface area contributed by atoms with E-state index in [-0.39, 0.29) is 18.2 Å². The summed E-state index contributed by atoms with van der Waals surface area (Å²) in [5.74, 6) is 0.265. The zero-order chi connectivity index (χ0) is 12.1. The molecule has 0 bridgehead atoms. The van der Waals surface area contributed by atoms with Crippen LogP contribution in [0.25, 0.3) is 0 Å². The van der Waals surface area contributed by atoms with E-state index >= 15 is 0 Å². The van der Waals surface area contributed by atoms with Gasteiger partial charge in [0.05, 0.1) is 5.71 Å². The fourth-order valence-electron chi connectivity index (χ4n) is 1.07. The van der Waals surface area contributed by atoms with Gasteiger partial charge in [-0.05, 0) is 6.92 Å². The van der Waals surface area contributed by atoms with E-state index in [0.717, 1.165) is 0 Å². The van der Waals surface area contributed by atoms with Crippen molar-refractivity contribution in [2.45, 2.75) is 13.3 Å². The van der Waals surface area contributed by atoms with Crippen LogP contribution in [0.3, 0.4) is 0 Å². The standard InChI is InChI=1S/C9H13F2N3O2/c1-6(13-15-3)5-16-8-4-7(9(10)11)12-14(8)2/h4,9H,5H2,1-3H3. The monoisotopic (exact) mass is 233 g/mol. The maximum atomic E-state index is 12.3. The molecular weight excluding hydrogens is 220 g/mol. The number of ether oxygens (including phenoxy) is 1. The summed E-state index contributed by atoms with van der Waals surface area (Å²) in [7, 11) is 2.95. The molecule has 1 heterocycles. The molecule has 90 valence electrons. The van der Waals surface area contributed by atoms with Gasteiger partial charge in [0, 0.05) is 13.1 Å². The van der Waals surface area contributed by atoms with Crippen LogP contribution in [0, 0.1) is 0 Å². The molecule has 7 heteroatoms. The van der Waals surface area contributed by atoms with E-state index < -0.39 is 6.43 Å². The number of alkyl halides is 2. The minimum absolute atomic E-state index is 0.163. The van der Waals surface area contributed by atoms with Gasteiger partial charge >= 0.3 is 0 Å². The van der Waals surface area contributed by atoms with Crippen LogP contribution in [0.5, 0.6) is 5.88 Å². The second-order valence-electron chi connectivity index (χ2n) is 3.13. The van der Waals surface area contributed by atoms with Crippen molar-refractivity contribution < 1.29 is 18.4 Å². The lowest BCUT2D eigenvalue weighted by molar-refractivity contribution is 0.145. The molecular formula is C9H13F2N3O2. The molecule has 0 aliphatic rings. The molecule has 0 saturated heterocycles. The molecule has 0 fully saturated rings. The Hall–Kier alpha value is -1.66. The number of nitrogens with zero attached hydrogens (tertiary/aromatic N) is 3. The summed E-state index contributed by atoms with van der Waals surface area (Å²) in [5, 5.41) is 7.23. The summed E-state index contributed by atoms with van der Waals surface area (Å²) in [5.41, 5.74) is 0.293. The van der Waals surface area contributed by atoms with Gasteiger partial charge < -0.3 is 9.57 Å². The third kappa shape index (κ3) is 3.18. The van der Waals surface area contributed by atoms with Crippen LogP contribution < -0.4 is 4.74 Å². The van der Waals surface area contributed by atoms with Crippen molar-refractivity contribution in [1.82, 2.24) is 9.78 Å². The lowest BCUT2D eigenvalue weighted by Gasteiger charge is -2.04. The molecule has 0 aromatic carbocycles. The first-order valence-electron chi connectivity index (χ1n) is 4.56. The van der Waals surface area contributed by atoms with E-state index in [2.05, 4.69) is 15.1 Å². The van der Waals surface area contributed by atoms with Gasteiger partial charge in [-0.1, -0.05) is 5.16 Å². The molecule has 0 saturated carbocycles. The molecule has 1 aromatic heterocycles. The van der Waals surface area contributed by atoms with Gasteiger partial charge in [0.1, 0.15) is 19.4 Å². The predicted octanol–water partition coefficient (Wildman–Crippen LogP) is 1.76. The lowest BCUT2D eigenvalue weighted by Crippen LogP contribution is -2.10. The predicted molar refractivity (Wildman–Crippen MR) is 53.8 cm³/mol. The van der Waals surface area contributed by atoms with Gasteiger partial charge in [-0.3, -0.25) is 0 Å². The van der Waals surface area contributed by atoms with Crippen LogP contribution in [-0.4, -0.2) is 29.2 Å². The molecule has 0 amide bonds. The summed E-state index contributed by atoms with van der Waals surface area (Å²) >= 11 is 0. The third-order valence-corrected chi connectivity index (χ3v) is 1.76. The largest absolute Gasteiger partial charge is 0.472 e. The molecule has 0 aliphatic heterocycles. The average molecular weight is 233 g/mol. The third-order valence-electron chi connectivity index (χ3n) is 1.76. The van der Waals surface area contributed by atoms with Gasteiger partial charge in [-0.2, -0.15) is 5.10 Å². The maximum absolute atomic E-state index is 12.3. The number of halogens is 2. The van der Waals surface area contributed by atoms with Crippen molar-refractivity contribution in [3.05, 3.63) is 11.8 Å². The second kappa shape index (κ2) is 5.43. The van der Waals surface area contributed by atoms with Crippen molar-refractivity contribution in [2.75, 3.05) is 13.7 Å². The maximum Gasteiger partial charge on any atom is 0.282 e. The molecule has 1 aromatic rings. The van der Waals surface area contributed by atoms with E-state index in [1.165, 1.54) is 24.9 Å². The SMILES string of the molecule is CON=C(C)COc1cc(C(F)F)nn1C. The molecule has 5 nitrogen and oxygen atoms in total. The number of hydrogen-bond acceptors (Lipinski definition) is 4. The van der Waals surface area contributed by atoms with Crippen molar-refractivity contribution >= 4 is 5.71 Å². The molecule has 16 heavy (non-hydrogen) atoms. The molecule has 0 atom stereocenters. The Kier molecular flexibility index (Phi) is 4.21. The number of aryl methyl sites for hydroxylation is 1. The van der Waals surface area contributed by atoms with Crippen LogP contribution >= 0.6 is 0 Å². The van der Waals surface area contributed by atoms with Crippen LogP contribution in [0.4, 0.5) is 8.78 Å². The normalized spacial score (nSPS) is 12.0. The van der Waals surface area contributed by atoms with Crippen molar-refractivity contribution in [3.63, 3.8) is 0 Å². The Morgan fingerprint density at radius 3 is 2.81 bits per heavy atom. The molecule has 0 aliphatic carbocycles.